The Labute approximate surface area is 78.6 Å². The van der Waals surface area contributed by atoms with Crippen molar-refractivity contribution in [2.45, 2.75) is 20.0 Å². The first kappa shape index (κ1) is 9.78. The van der Waals surface area contributed by atoms with E-state index in [-0.39, 0.29) is 18.0 Å². The second kappa shape index (κ2) is 3.60. The van der Waals surface area contributed by atoms with Gasteiger partial charge in [-0.1, -0.05) is 30.4 Å². The molecule has 2 nitrogen and oxygen atoms in total. The Bertz CT molecular complexity index is 286. The van der Waals surface area contributed by atoms with Crippen LogP contribution in [-0.4, -0.2) is 12.1 Å². The lowest BCUT2D eigenvalue weighted by molar-refractivity contribution is -0.143. The van der Waals surface area contributed by atoms with Crippen molar-refractivity contribution in [1.29, 1.82) is 0 Å². The first-order chi connectivity index (χ1) is 6.06. The summed E-state index contributed by atoms with van der Waals surface area (Å²) in [6.45, 7) is 11.4. The Morgan fingerprint density at radius 2 is 2.31 bits per heavy atom. The summed E-state index contributed by atoms with van der Waals surface area (Å²) >= 11 is 0. The fraction of sp³-hybridized carbons (Fsp3) is 0.364. The molecule has 2 unspecified atom stereocenters. The molecule has 2 atom stereocenters. The van der Waals surface area contributed by atoms with Crippen LogP contribution < -0.4 is 0 Å². The molecule has 2 heteroatoms. The molecule has 0 bridgehead atoms. The summed E-state index contributed by atoms with van der Waals surface area (Å²) in [5, 5.41) is 0. The van der Waals surface area contributed by atoms with Gasteiger partial charge in [-0.05, 0) is 13.8 Å². The molecular formula is C11H14O2. The molecule has 0 amide bonds. The van der Waals surface area contributed by atoms with Crippen molar-refractivity contribution in [2.75, 3.05) is 0 Å². The van der Waals surface area contributed by atoms with Crippen LogP contribution in [0.2, 0.25) is 0 Å². The number of cyclic esters (lactones) is 1. The van der Waals surface area contributed by atoms with Crippen LogP contribution in [0.25, 0.3) is 0 Å². The number of hydrogen-bond acceptors (Lipinski definition) is 2. The molecule has 1 rings (SSSR count). The minimum atomic E-state index is -0.292. The number of hydrogen-bond donors (Lipinski definition) is 0. The summed E-state index contributed by atoms with van der Waals surface area (Å²) < 4.78 is 5.09. The van der Waals surface area contributed by atoms with E-state index in [1.807, 2.05) is 13.8 Å². The maximum Gasteiger partial charge on any atom is 0.331 e. The summed E-state index contributed by atoms with van der Waals surface area (Å²) in [7, 11) is 0. The van der Waals surface area contributed by atoms with Crippen molar-refractivity contribution >= 4 is 5.97 Å². The highest BCUT2D eigenvalue weighted by atomic mass is 16.5. The third-order valence-corrected chi connectivity index (χ3v) is 2.18. The Morgan fingerprint density at radius 1 is 1.69 bits per heavy atom. The van der Waals surface area contributed by atoms with E-state index in [0.29, 0.717) is 0 Å². The zero-order chi connectivity index (χ0) is 10.0. The van der Waals surface area contributed by atoms with Crippen LogP contribution in [0.3, 0.4) is 0 Å². The van der Waals surface area contributed by atoms with Gasteiger partial charge >= 0.3 is 5.97 Å². The van der Waals surface area contributed by atoms with Crippen LogP contribution in [-0.2, 0) is 9.53 Å². The molecule has 0 fully saturated rings. The highest BCUT2D eigenvalue weighted by Gasteiger charge is 2.28. The summed E-state index contributed by atoms with van der Waals surface area (Å²) in [5.74, 6) is -0.199. The molecule has 0 aliphatic carbocycles. The van der Waals surface area contributed by atoms with Crippen LogP contribution >= 0.6 is 0 Å². The highest BCUT2D eigenvalue weighted by molar-refractivity contribution is 5.84. The van der Waals surface area contributed by atoms with Gasteiger partial charge in [-0.3, -0.25) is 0 Å². The highest BCUT2D eigenvalue weighted by Crippen LogP contribution is 2.28. The number of ether oxygens (including phenoxy) is 1. The predicted octanol–water partition coefficient (Wildman–Crippen LogP) is 2.24. The van der Waals surface area contributed by atoms with Crippen molar-refractivity contribution in [3.05, 3.63) is 36.5 Å². The van der Waals surface area contributed by atoms with Crippen LogP contribution in [0.4, 0.5) is 0 Å². The van der Waals surface area contributed by atoms with Gasteiger partial charge in [0.2, 0.25) is 0 Å². The van der Waals surface area contributed by atoms with Gasteiger partial charge < -0.3 is 4.74 Å². The van der Waals surface area contributed by atoms with Crippen molar-refractivity contribution in [1.82, 2.24) is 0 Å². The van der Waals surface area contributed by atoms with Gasteiger partial charge in [-0.15, -0.1) is 0 Å². The van der Waals surface area contributed by atoms with Crippen LogP contribution in [0.5, 0.6) is 0 Å². The molecule has 0 saturated carbocycles. The normalized spacial score (nSPS) is 27.5. The molecule has 0 aromatic carbocycles. The Balaban J connectivity index is 3.01. The lowest BCUT2D eigenvalue weighted by Gasteiger charge is -2.29. The molecule has 70 valence electrons. The van der Waals surface area contributed by atoms with E-state index in [2.05, 4.69) is 13.2 Å². The average Bonchev–Trinajstić information content (AvgIpc) is 2.01. The van der Waals surface area contributed by atoms with E-state index in [9.17, 15) is 4.79 Å². The van der Waals surface area contributed by atoms with Gasteiger partial charge in [0, 0.05) is 12.0 Å². The Kier molecular flexibility index (Phi) is 2.71. The predicted molar refractivity (Wildman–Crippen MR) is 52.1 cm³/mol. The first-order valence-corrected chi connectivity index (χ1v) is 4.23. The zero-order valence-electron chi connectivity index (χ0n) is 8.04. The molecule has 1 aliphatic heterocycles. The summed E-state index contributed by atoms with van der Waals surface area (Å²) in [6, 6.07) is 0. The second-order valence-corrected chi connectivity index (χ2v) is 3.35. The quantitative estimate of drug-likeness (QED) is 0.479. The maximum atomic E-state index is 11.0. The number of carbonyl (C=O) groups excluding carboxylic acids is 1. The van der Waals surface area contributed by atoms with Crippen molar-refractivity contribution in [2.24, 2.45) is 5.92 Å². The number of carbonyl (C=O) groups is 1. The SMILES string of the molecule is C=CC1OC(=O)C=C(C)C1C(=C)C. The lowest BCUT2D eigenvalue weighted by Crippen LogP contribution is -2.30. The molecule has 0 spiro atoms. The summed E-state index contributed by atoms with van der Waals surface area (Å²) in [5.41, 5.74) is 1.99. The molecular weight excluding hydrogens is 164 g/mol. The van der Waals surface area contributed by atoms with Gasteiger partial charge in [-0.2, -0.15) is 0 Å². The fourth-order valence-corrected chi connectivity index (χ4v) is 1.62. The molecule has 0 N–H and O–H groups in total. The van der Waals surface area contributed by atoms with Gasteiger partial charge in [0.15, 0.2) is 0 Å². The van der Waals surface area contributed by atoms with Gasteiger partial charge in [0.25, 0.3) is 0 Å². The monoisotopic (exact) mass is 178 g/mol. The molecule has 13 heavy (non-hydrogen) atoms. The molecule has 0 aromatic heterocycles. The van der Waals surface area contributed by atoms with E-state index in [1.165, 1.54) is 6.08 Å². The third-order valence-electron chi connectivity index (χ3n) is 2.18. The van der Waals surface area contributed by atoms with Gasteiger partial charge in [0.05, 0.1) is 0 Å². The van der Waals surface area contributed by atoms with Crippen molar-refractivity contribution < 1.29 is 9.53 Å². The van der Waals surface area contributed by atoms with Crippen molar-refractivity contribution in [3.8, 4) is 0 Å². The van der Waals surface area contributed by atoms with Crippen molar-refractivity contribution in [3.63, 3.8) is 0 Å². The summed E-state index contributed by atoms with van der Waals surface area (Å²) in [6.07, 6.45) is 2.91. The Hall–Kier alpha value is -1.31. The van der Waals surface area contributed by atoms with E-state index in [1.54, 1.807) is 6.08 Å². The van der Waals surface area contributed by atoms with Gasteiger partial charge in [0.1, 0.15) is 6.10 Å². The summed E-state index contributed by atoms with van der Waals surface area (Å²) in [4.78, 5) is 11.0. The third kappa shape index (κ3) is 1.89. The second-order valence-electron chi connectivity index (χ2n) is 3.35. The molecule has 0 aromatic rings. The van der Waals surface area contributed by atoms with E-state index in [0.717, 1.165) is 11.1 Å². The lowest BCUT2D eigenvalue weighted by atomic mass is 9.86. The molecule has 0 radical (unpaired) electrons. The minimum Gasteiger partial charge on any atom is -0.454 e. The van der Waals surface area contributed by atoms with Crippen LogP contribution in [0.1, 0.15) is 13.8 Å². The largest absolute Gasteiger partial charge is 0.454 e. The van der Waals surface area contributed by atoms with Gasteiger partial charge in [-0.25, -0.2) is 4.79 Å². The Morgan fingerprint density at radius 3 is 2.77 bits per heavy atom. The molecule has 0 saturated heterocycles. The average molecular weight is 178 g/mol. The standard InChI is InChI=1S/C11H14O2/c1-5-9-11(7(2)3)8(4)6-10(12)13-9/h5-6,9,11H,1-2H2,3-4H3. The maximum absolute atomic E-state index is 11.0. The number of rotatable bonds is 2. The first-order valence-electron chi connectivity index (χ1n) is 4.23. The molecule has 1 aliphatic rings. The van der Waals surface area contributed by atoms with E-state index < -0.39 is 0 Å². The molecule has 1 heterocycles. The van der Waals surface area contributed by atoms with E-state index >= 15 is 0 Å². The zero-order valence-corrected chi connectivity index (χ0v) is 8.04. The topological polar surface area (TPSA) is 26.3 Å². The smallest absolute Gasteiger partial charge is 0.331 e. The van der Waals surface area contributed by atoms with Crippen LogP contribution in [0, 0.1) is 5.92 Å². The number of esters is 1. The minimum absolute atomic E-state index is 0.0928. The fourth-order valence-electron chi connectivity index (χ4n) is 1.62. The van der Waals surface area contributed by atoms with Crippen LogP contribution in [0.15, 0.2) is 36.5 Å². The van der Waals surface area contributed by atoms with E-state index in [4.69, 9.17) is 4.74 Å².